The van der Waals surface area contributed by atoms with E-state index >= 15 is 0 Å². The average Bonchev–Trinajstić information content (AvgIpc) is 2.38. The molecule has 0 heterocycles. The fraction of sp³-hybridized carbons (Fsp3) is 0.429. The molecule has 0 unspecified atom stereocenters. The van der Waals surface area contributed by atoms with Gasteiger partial charge in [-0.3, -0.25) is 5.43 Å². The summed E-state index contributed by atoms with van der Waals surface area (Å²) in [6.45, 7) is 2.21. The predicted octanol–water partition coefficient (Wildman–Crippen LogP) is 3.19. The van der Waals surface area contributed by atoms with Crippen molar-refractivity contribution in [3.05, 3.63) is 35.9 Å². The Kier molecular flexibility index (Phi) is 7.03. The zero-order valence-corrected chi connectivity index (χ0v) is 11.7. The van der Waals surface area contributed by atoms with Crippen LogP contribution in [0.25, 0.3) is 0 Å². The van der Waals surface area contributed by atoms with Gasteiger partial charge in [-0.15, -0.1) is 0 Å². The van der Waals surface area contributed by atoms with E-state index in [1.165, 1.54) is 19.3 Å². The lowest BCUT2D eigenvalue weighted by molar-refractivity contribution is 0.682. The summed E-state index contributed by atoms with van der Waals surface area (Å²) in [7, 11) is 0. The van der Waals surface area contributed by atoms with Gasteiger partial charge in [-0.2, -0.15) is 5.10 Å². The summed E-state index contributed by atoms with van der Waals surface area (Å²) >= 11 is 4.78. The summed E-state index contributed by atoms with van der Waals surface area (Å²) in [5, 5.41) is 4.50. The van der Waals surface area contributed by atoms with E-state index in [9.17, 15) is 0 Å². The van der Waals surface area contributed by atoms with Crippen LogP contribution in [0.3, 0.4) is 0 Å². The number of nitrogens with one attached hydrogen (secondary N) is 1. The Hall–Kier alpha value is -1.42. The van der Waals surface area contributed by atoms with Gasteiger partial charge in [-0.25, -0.2) is 0 Å². The second kappa shape index (κ2) is 8.64. The van der Waals surface area contributed by atoms with Crippen LogP contribution in [0.15, 0.2) is 35.4 Å². The highest BCUT2D eigenvalue weighted by Crippen LogP contribution is 2.09. The van der Waals surface area contributed by atoms with Crippen molar-refractivity contribution >= 4 is 23.0 Å². The first-order valence-corrected chi connectivity index (χ1v) is 6.82. The lowest BCUT2D eigenvalue weighted by Gasteiger charge is -2.07. The molecule has 1 rings (SSSR count). The van der Waals surface area contributed by atoms with Crippen LogP contribution < -0.4 is 11.2 Å². The zero-order chi connectivity index (χ0) is 13.2. The van der Waals surface area contributed by atoms with Crippen LogP contribution in [0.1, 0.15) is 44.6 Å². The minimum atomic E-state index is 0.206. The van der Waals surface area contributed by atoms with Crippen molar-refractivity contribution in [3.8, 4) is 0 Å². The number of nitrogens with two attached hydrogens (primary N) is 1. The van der Waals surface area contributed by atoms with Gasteiger partial charge in [-0.05, 0) is 30.6 Å². The topological polar surface area (TPSA) is 50.4 Å². The third-order valence-corrected chi connectivity index (χ3v) is 2.77. The summed E-state index contributed by atoms with van der Waals surface area (Å²) in [6.07, 6.45) is 5.82. The van der Waals surface area contributed by atoms with Gasteiger partial charge in [0, 0.05) is 0 Å². The molecule has 0 bridgehead atoms. The molecule has 0 atom stereocenters. The van der Waals surface area contributed by atoms with E-state index < -0.39 is 0 Å². The first kappa shape index (κ1) is 14.6. The fourth-order valence-electron chi connectivity index (χ4n) is 1.74. The number of hydrogen-bond acceptors (Lipinski definition) is 2. The number of hydrazone groups is 1. The van der Waals surface area contributed by atoms with Gasteiger partial charge in [0.05, 0.1) is 5.71 Å². The number of benzene rings is 1. The van der Waals surface area contributed by atoms with Crippen LogP contribution in [-0.4, -0.2) is 10.8 Å². The van der Waals surface area contributed by atoms with E-state index in [1.54, 1.807) is 0 Å². The summed E-state index contributed by atoms with van der Waals surface area (Å²) in [5.74, 6) is 0. The van der Waals surface area contributed by atoms with Gasteiger partial charge in [0.15, 0.2) is 5.11 Å². The summed E-state index contributed by atoms with van der Waals surface area (Å²) in [4.78, 5) is 0. The molecule has 3 N–H and O–H groups in total. The van der Waals surface area contributed by atoms with Gasteiger partial charge < -0.3 is 5.73 Å². The van der Waals surface area contributed by atoms with Gasteiger partial charge >= 0.3 is 0 Å². The number of thiocarbonyl (C=S) groups is 1. The van der Waals surface area contributed by atoms with Crippen molar-refractivity contribution in [2.45, 2.75) is 39.0 Å². The van der Waals surface area contributed by atoms with Gasteiger partial charge in [0.2, 0.25) is 0 Å². The Bertz CT molecular complexity index is 387. The van der Waals surface area contributed by atoms with Crippen molar-refractivity contribution in [1.29, 1.82) is 0 Å². The third-order valence-electron chi connectivity index (χ3n) is 2.68. The molecular formula is C14H21N3S. The van der Waals surface area contributed by atoms with E-state index in [4.69, 9.17) is 18.0 Å². The molecule has 0 aliphatic heterocycles. The first-order chi connectivity index (χ1) is 8.74. The molecule has 0 aromatic heterocycles. The Morgan fingerprint density at radius 1 is 1.22 bits per heavy atom. The van der Waals surface area contributed by atoms with Gasteiger partial charge in [0.25, 0.3) is 0 Å². The Morgan fingerprint density at radius 3 is 2.56 bits per heavy atom. The smallest absolute Gasteiger partial charge is 0.184 e. The standard InChI is InChI=1S/C14H21N3S/c1-2-3-4-8-11-13(16-17-14(15)18)12-9-6-5-7-10-12/h5-7,9-10H,2-4,8,11H2,1H3,(H3,15,17,18)/b16-13+. The maximum atomic E-state index is 5.41. The molecule has 0 aliphatic carbocycles. The maximum absolute atomic E-state index is 5.41. The molecule has 0 fully saturated rings. The van der Waals surface area contributed by atoms with E-state index in [1.807, 2.05) is 18.2 Å². The second-order valence-corrected chi connectivity index (χ2v) is 4.65. The molecule has 1 aromatic carbocycles. The summed E-state index contributed by atoms with van der Waals surface area (Å²) in [6, 6.07) is 10.1. The molecule has 1 aromatic rings. The Morgan fingerprint density at radius 2 is 1.94 bits per heavy atom. The third kappa shape index (κ3) is 5.77. The molecule has 0 aliphatic rings. The lowest BCUT2D eigenvalue weighted by Crippen LogP contribution is -2.25. The first-order valence-electron chi connectivity index (χ1n) is 6.41. The minimum Gasteiger partial charge on any atom is -0.375 e. The lowest BCUT2D eigenvalue weighted by atomic mass is 10.0. The quantitative estimate of drug-likeness (QED) is 0.344. The average molecular weight is 263 g/mol. The van der Waals surface area contributed by atoms with Crippen LogP contribution in [0, 0.1) is 0 Å². The van der Waals surface area contributed by atoms with Crippen LogP contribution in [0.4, 0.5) is 0 Å². The summed E-state index contributed by atoms with van der Waals surface area (Å²) in [5.41, 5.74) is 10.2. The van der Waals surface area contributed by atoms with Crippen molar-refractivity contribution in [2.75, 3.05) is 0 Å². The van der Waals surface area contributed by atoms with Crippen LogP contribution >= 0.6 is 12.2 Å². The molecule has 98 valence electrons. The largest absolute Gasteiger partial charge is 0.375 e. The normalized spacial score (nSPS) is 11.3. The molecule has 0 amide bonds. The fourth-order valence-corrected chi connectivity index (χ4v) is 1.78. The van der Waals surface area contributed by atoms with E-state index in [0.717, 1.165) is 24.1 Å². The van der Waals surface area contributed by atoms with E-state index in [2.05, 4.69) is 29.6 Å². The highest BCUT2D eigenvalue weighted by Gasteiger charge is 2.03. The molecule has 0 spiro atoms. The van der Waals surface area contributed by atoms with Crippen molar-refractivity contribution in [2.24, 2.45) is 10.8 Å². The van der Waals surface area contributed by atoms with Crippen molar-refractivity contribution < 1.29 is 0 Å². The number of rotatable bonds is 7. The highest BCUT2D eigenvalue weighted by molar-refractivity contribution is 7.80. The monoisotopic (exact) mass is 263 g/mol. The minimum absolute atomic E-state index is 0.206. The van der Waals surface area contributed by atoms with E-state index in [0.29, 0.717) is 0 Å². The maximum Gasteiger partial charge on any atom is 0.184 e. The molecule has 4 heteroatoms. The molecule has 0 radical (unpaired) electrons. The molecule has 18 heavy (non-hydrogen) atoms. The Balaban J connectivity index is 2.64. The van der Waals surface area contributed by atoms with Gasteiger partial charge in [-0.1, -0.05) is 56.5 Å². The highest BCUT2D eigenvalue weighted by atomic mass is 32.1. The Labute approximate surface area is 114 Å². The van der Waals surface area contributed by atoms with Crippen molar-refractivity contribution in [3.63, 3.8) is 0 Å². The second-order valence-electron chi connectivity index (χ2n) is 4.21. The SMILES string of the molecule is CCCCCC/C(=N\NC(N)=S)c1ccccc1. The molecule has 0 saturated carbocycles. The molecular weight excluding hydrogens is 242 g/mol. The van der Waals surface area contributed by atoms with Gasteiger partial charge in [0.1, 0.15) is 0 Å². The zero-order valence-electron chi connectivity index (χ0n) is 10.9. The van der Waals surface area contributed by atoms with E-state index in [-0.39, 0.29) is 5.11 Å². The molecule has 3 nitrogen and oxygen atoms in total. The predicted molar refractivity (Wildman–Crippen MR) is 81.7 cm³/mol. The number of hydrogen-bond donors (Lipinski definition) is 2. The number of nitrogens with zero attached hydrogens (tertiary/aromatic N) is 1. The number of unbranched alkanes of at least 4 members (excludes halogenated alkanes) is 3. The molecule has 0 saturated heterocycles. The van der Waals surface area contributed by atoms with Crippen LogP contribution in [0.5, 0.6) is 0 Å². The van der Waals surface area contributed by atoms with Crippen LogP contribution in [-0.2, 0) is 0 Å². The van der Waals surface area contributed by atoms with Crippen molar-refractivity contribution in [1.82, 2.24) is 5.43 Å². The van der Waals surface area contributed by atoms with Crippen LogP contribution in [0.2, 0.25) is 0 Å². The summed E-state index contributed by atoms with van der Waals surface area (Å²) < 4.78 is 0.